The van der Waals surface area contributed by atoms with Crippen LogP contribution in [0, 0.1) is 53.9 Å². The SMILES string of the molecule is Cc1ccc(Cc2ccc(OC(F)(F)C3CCC4CC(C)CCC4C3)c(F)c2F)c(F)c1F. The van der Waals surface area contributed by atoms with Crippen molar-refractivity contribution in [3.05, 3.63) is 64.2 Å². The number of fused-ring (bicyclic) bond motifs is 1. The van der Waals surface area contributed by atoms with Gasteiger partial charge >= 0.3 is 6.11 Å². The van der Waals surface area contributed by atoms with E-state index in [4.69, 9.17) is 4.74 Å². The first kappa shape index (κ1) is 24.0. The second kappa shape index (κ2) is 9.22. The first-order chi connectivity index (χ1) is 15.6. The third-order valence-corrected chi connectivity index (χ3v) is 7.46. The fourth-order valence-corrected chi connectivity index (χ4v) is 5.47. The molecule has 0 heterocycles. The van der Waals surface area contributed by atoms with Crippen LogP contribution in [0.3, 0.4) is 0 Å². The van der Waals surface area contributed by atoms with Crippen molar-refractivity contribution in [3.63, 3.8) is 0 Å². The van der Waals surface area contributed by atoms with Crippen molar-refractivity contribution in [1.82, 2.24) is 0 Å². The molecule has 33 heavy (non-hydrogen) atoms. The van der Waals surface area contributed by atoms with Gasteiger partial charge in [-0.2, -0.15) is 13.2 Å². The topological polar surface area (TPSA) is 9.23 Å². The van der Waals surface area contributed by atoms with E-state index in [1.54, 1.807) is 0 Å². The highest BCUT2D eigenvalue weighted by atomic mass is 19.3. The van der Waals surface area contributed by atoms with Crippen molar-refractivity contribution in [2.45, 2.75) is 64.9 Å². The van der Waals surface area contributed by atoms with E-state index >= 15 is 0 Å². The van der Waals surface area contributed by atoms with Crippen molar-refractivity contribution < 1.29 is 31.1 Å². The van der Waals surface area contributed by atoms with E-state index in [0.717, 1.165) is 31.4 Å². The smallest absolute Gasteiger partial charge is 0.400 e. The fourth-order valence-electron chi connectivity index (χ4n) is 5.47. The Morgan fingerprint density at radius 1 is 0.788 bits per heavy atom. The zero-order valence-electron chi connectivity index (χ0n) is 18.7. The molecule has 4 atom stereocenters. The lowest BCUT2D eigenvalue weighted by atomic mass is 9.65. The molecule has 1 nitrogen and oxygen atoms in total. The molecule has 0 bridgehead atoms. The van der Waals surface area contributed by atoms with Gasteiger partial charge in [-0.1, -0.05) is 31.5 Å². The predicted molar refractivity (Wildman–Crippen MR) is 113 cm³/mol. The lowest BCUT2D eigenvalue weighted by molar-refractivity contribution is -0.230. The molecule has 2 saturated carbocycles. The molecule has 2 fully saturated rings. The van der Waals surface area contributed by atoms with Crippen molar-refractivity contribution in [1.29, 1.82) is 0 Å². The fraction of sp³-hybridized carbons (Fsp3) is 0.538. The molecule has 0 N–H and O–H groups in total. The lowest BCUT2D eigenvalue weighted by Gasteiger charge is -2.42. The van der Waals surface area contributed by atoms with E-state index in [2.05, 4.69) is 6.92 Å². The summed E-state index contributed by atoms with van der Waals surface area (Å²) >= 11 is 0. The van der Waals surface area contributed by atoms with Crippen LogP contribution < -0.4 is 4.74 Å². The number of halogens is 6. The number of alkyl halides is 2. The van der Waals surface area contributed by atoms with Gasteiger partial charge in [0, 0.05) is 6.42 Å². The molecule has 2 aliphatic rings. The molecule has 0 radical (unpaired) electrons. The average molecular weight is 470 g/mol. The van der Waals surface area contributed by atoms with E-state index in [0.29, 0.717) is 24.7 Å². The molecule has 180 valence electrons. The summed E-state index contributed by atoms with van der Waals surface area (Å²) in [5, 5.41) is 0. The molecule has 0 amide bonds. The normalized spacial score (nSPS) is 25.6. The van der Waals surface area contributed by atoms with E-state index in [1.807, 2.05) is 0 Å². The van der Waals surface area contributed by atoms with Crippen molar-refractivity contribution in [3.8, 4) is 5.75 Å². The van der Waals surface area contributed by atoms with Crippen molar-refractivity contribution >= 4 is 0 Å². The van der Waals surface area contributed by atoms with E-state index in [9.17, 15) is 26.3 Å². The quantitative estimate of drug-likeness (QED) is 0.403. The van der Waals surface area contributed by atoms with E-state index in [1.165, 1.54) is 19.1 Å². The third-order valence-electron chi connectivity index (χ3n) is 7.46. The highest BCUT2D eigenvalue weighted by Crippen LogP contribution is 2.49. The Morgan fingerprint density at radius 2 is 1.39 bits per heavy atom. The van der Waals surface area contributed by atoms with Crippen LogP contribution in [0.25, 0.3) is 0 Å². The molecule has 0 saturated heterocycles. The Labute approximate surface area is 190 Å². The number of rotatable bonds is 5. The summed E-state index contributed by atoms with van der Waals surface area (Å²) < 4.78 is 91.7. The Hall–Kier alpha value is -2.18. The number of aryl methyl sites for hydroxylation is 1. The molecular formula is C26H28F6O. The minimum atomic E-state index is -3.63. The lowest BCUT2D eigenvalue weighted by Crippen LogP contribution is -2.41. The van der Waals surface area contributed by atoms with Gasteiger partial charge in [-0.25, -0.2) is 13.2 Å². The van der Waals surface area contributed by atoms with Crippen LogP contribution >= 0.6 is 0 Å². The Balaban J connectivity index is 1.48. The van der Waals surface area contributed by atoms with Gasteiger partial charge in [-0.05, 0) is 79.5 Å². The maximum Gasteiger partial charge on any atom is 0.400 e. The van der Waals surface area contributed by atoms with Crippen LogP contribution in [-0.2, 0) is 6.42 Å². The Morgan fingerprint density at radius 3 is 2.12 bits per heavy atom. The zero-order valence-corrected chi connectivity index (χ0v) is 18.7. The van der Waals surface area contributed by atoms with Gasteiger partial charge in [0.15, 0.2) is 23.2 Å². The van der Waals surface area contributed by atoms with Crippen LogP contribution in [0.15, 0.2) is 24.3 Å². The van der Waals surface area contributed by atoms with Gasteiger partial charge < -0.3 is 4.74 Å². The van der Waals surface area contributed by atoms with Crippen LogP contribution in [0.1, 0.15) is 62.1 Å². The molecule has 7 heteroatoms. The van der Waals surface area contributed by atoms with Gasteiger partial charge in [0.2, 0.25) is 5.82 Å². The molecule has 4 rings (SSSR count). The molecule has 0 spiro atoms. The number of ether oxygens (including phenoxy) is 1. The van der Waals surface area contributed by atoms with Gasteiger partial charge in [0.05, 0.1) is 5.92 Å². The summed E-state index contributed by atoms with van der Waals surface area (Å²) in [6.07, 6.45) is 0.205. The van der Waals surface area contributed by atoms with Crippen LogP contribution in [-0.4, -0.2) is 6.11 Å². The largest absolute Gasteiger partial charge is 0.429 e. The molecular weight excluding hydrogens is 442 g/mol. The summed E-state index contributed by atoms with van der Waals surface area (Å²) in [5.74, 6) is -5.84. The second-order valence-corrected chi connectivity index (χ2v) is 9.81. The minimum absolute atomic E-state index is 0.0886. The Bertz CT molecular complexity index is 1020. The molecule has 0 aromatic heterocycles. The molecule has 0 aliphatic heterocycles. The summed E-state index contributed by atoms with van der Waals surface area (Å²) in [5.41, 5.74) is -0.346. The zero-order chi connectivity index (χ0) is 23.9. The Kier molecular flexibility index (Phi) is 6.70. The minimum Gasteiger partial charge on any atom is -0.429 e. The van der Waals surface area contributed by atoms with Crippen LogP contribution in [0.4, 0.5) is 26.3 Å². The standard InChI is InChI=1S/C26H28F6O/c1-14-3-5-17-13-20(9-7-16(17)11-14)26(31,32)33-21-10-8-19(24(29)25(21)30)12-18-6-4-15(2)22(27)23(18)28/h4,6,8,10,14,16-17,20H,3,5,7,9,11-13H2,1-2H3. The van der Waals surface area contributed by atoms with E-state index in [-0.39, 0.29) is 29.0 Å². The summed E-state index contributed by atoms with van der Waals surface area (Å²) in [4.78, 5) is 0. The molecule has 2 aromatic carbocycles. The molecule has 4 unspecified atom stereocenters. The van der Waals surface area contributed by atoms with E-state index < -0.39 is 47.5 Å². The number of hydrogen-bond donors (Lipinski definition) is 0. The van der Waals surface area contributed by atoms with Crippen molar-refractivity contribution in [2.75, 3.05) is 0 Å². The summed E-state index contributed by atoms with van der Waals surface area (Å²) in [7, 11) is 0. The number of benzene rings is 2. The molecule has 2 aliphatic carbocycles. The third kappa shape index (κ3) is 4.87. The van der Waals surface area contributed by atoms with Crippen LogP contribution in [0.5, 0.6) is 5.75 Å². The van der Waals surface area contributed by atoms with Gasteiger partial charge in [-0.15, -0.1) is 0 Å². The summed E-state index contributed by atoms with van der Waals surface area (Å²) in [6, 6.07) is 4.62. The highest BCUT2D eigenvalue weighted by molar-refractivity contribution is 5.36. The second-order valence-electron chi connectivity index (χ2n) is 9.81. The summed E-state index contributed by atoms with van der Waals surface area (Å²) in [6.45, 7) is 3.57. The van der Waals surface area contributed by atoms with Crippen LogP contribution in [0.2, 0.25) is 0 Å². The highest BCUT2D eigenvalue weighted by Gasteiger charge is 2.48. The average Bonchev–Trinajstić information content (AvgIpc) is 2.78. The van der Waals surface area contributed by atoms with Gasteiger partial charge in [0.1, 0.15) is 0 Å². The predicted octanol–water partition coefficient (Wildman–Crippen LogP) is 7.97. The van der Waals surface area contributed by atoms with Crippen molar-refractivity contribution in [2.24, 2.45) is 23.7 Å². The first-order valence-corrected chi connectivity index (χ1v) is 11.5. The maximum atomic E-state index is 14.9. The number of hydrogen-bond acceptors (Lipinski definition) is 1. The monoisotopic (exact) mass is 470 g/mol. The molecule has 2 aromatic rings. The first-order valence-electron chi connectivity index (χ1n) is 11.5. The maximum absolute atomic E-state index is 14.9. The van der Waals surface area contributed by atoms with Gasteiger partial charge in [-0.3, -0.25) is 0 Å². The van der Waals surface area contributed by atoms with Gasteiger partial charge in [0.25, 0.3) is 0 Å².